The van der Waals surface area contributed by atoms with Gasteiger partial charge in [0.15, 0.2) is 0 Å². The second kappa shape index (κ2) is 10.7. The first kappa shape index (κ1) is 26.1. The molecule has 0 saturated carbocycles. The van der Waals surface area contributed by atoms with Gasteiger partial charge in [-0.2, -0.15) is 0 Å². The lowest BCUT2D eigenvalue weighted by Gasteiger charge is -2.17. The summed E-state index contributed by atoms with van der Waals surface area (Å²) >= 11 is 0. The third-order valence-corrected chi connectivity index (χ3v) is 6.28. The van der Waals surface area contributed by atoms with Crippen molar-refractivity contribution in [2.75, 3.05) is 0 Å². The number of carbonyl (C=O) groups excluding carboxylic acids is 1. The third kappa shape index (κ3) is 6.00. The Labute approximate surface area is 219 Å². The number of hydrogen-bond donors (Lipinski definition) is 0. The minimum atomic E-state index is -4.79. The smallest absolute Gasteiger partial charge is 0.472 e. The van der Waals surface area contributed by atoms with E-state index in [1.54, 1.807) is 30.3 Å². The van der Waals surface area contributed by atoms with E-state index in [0.29, 0.717) is 22.3 Å². The summed E-state index contributed by atoms with van der Waals surface area (Å²) in [4.78, 5) is 17.6. The standard InChI is InChI=1S/C29H20F5NO4/c30-23-2-1-3-24(31)26(23)25-14-22(28(36)38-16-17-12-13-37-15-17)27(35-25)20-6-4-18(5-7-20)19-8-10-21(11-9-19)39-29(32,33)34/h1-13,15,22,27H,14,16H2/t22-,27-/m0/s1. The molecule has 0 fully saturated rings. The van der Waals surface area contributed by atoms with Gasteiger partial charge in [-0.05, 0) is 47.0 Å². The van der Waals surface area contributed by atoms with Crippen LogP contribution in [0.25, 0.3) is 11.1 Å². The van der Waals surface area contributed by atoms with Gasteiger partial charge in [0.05, 0.1) is 30.0 Å². The highest BCUT2D eigenvalue weighted by atomic mass is 19.4. The molecule has 3 aromatic carbocycles. The van der Waals surface area contributed by atoms with Crippen LogP contribution in [0.3, 0.4) is 0 Å². The Hall–Kier alpha value is -4.47. The molecule has 1 aliphatic heterocycles. The number of nitrogens with zero attached hydrogens (tertiary/aromatic N) is 1. The fourth-order valence-electron chi connectivity index (χ4n) is 4.45. The van der Waals surface area contributed by atoms with Crippen molar-refractivity contribution in [3.63, 3.8) is 0 Å². The monoisotopic (exact) mass is 541 g/mol. The largest absolute Gasteiger partial charge is 0.573 e. The van der Waals surface area contributed by atoms with Crippen molar-refractivity contribution in [1.82, 2.24) is 0 Å². The normalized spacial score (nSPS) is 17.1. The van der Waals surface area contributed by atoms with Gasteiger partial charge in [-0.25, -0.2) is 8.78 Å². The Morgan fingerprint density at radius 3 is 2.15 bits per heavy atom. The number of halogens is 5. The van der Waals surface area contributed by atoms with Gasteiger partial charge in [0, 0.05) is 17.7 Å². The number of alkyl halides is 3. The number of hydrogen-bond acceptors (Lipinski definition) is 5. The fraction of sp³-hybridized carbons (Fsp3) is 0.172. The number of furan rings is 1. The minimum Gasteiger partial charge on any atom is -0.472 e. The van der Waals surface area contributed by atoms with Crippen LogP contribution in [-0.4, -0.2) is 18.0 Å². The Bertz CT molecular complexity index is 1460. The maximum absolute atomic E-state index is 14.5. The van der Waals surface area contributed by atoms with Gasteiger partial charge in [0.25, 0.3) is 0 Å². The molecule has 5 nitrogen and oxygen atoms in total. The van der Waals surface area contributed by atoms with Crippen molar-refractivity contribution in [1.29, 1.82) is 0 Å². The van der Waals surface area contributed by atoms with Crippen molar-refractivity contribution >= 4 is 11.7 Å². The first-order chi connectivity index (χ1) is 18.7. The quantitative estimate of drug-likeness (QED) is 0.181. The predicted molar refractivity (Wildman–Crippen MR) is 131 cm³/mol. The molecule has 0 unspecified atom stereocenters. The lowest BCUT2D eigenvalue weighted by Crippen LogP contribution is -2.22. The lowest BCUT2D eigenvalue weighted by molar-refractivity contribution is -0.274. The highest BCUT2D eigenvalue weighted by Crippen LogP contribution is 2.39. The molecule has 200 valence electrons. The summed E-state index contributed by atoms with van der Waals surface area (Å²) in [6.07, 6.45) is -1.93. The number of ether oxygens (including phenoxy) is 2. The summed E-state index contributed by atoms with van der Waals surface area (Å²) in [6, 6.07) is 16.6. The number of rotatable bonds is 7. The van der Waals surface area contributed by atoms with Crippen LogP contribution in [0.1, 0.15) is 29.2 Å². The van der Waals surface area contributed by atoms with E-state index in [9.17, 15) is 26.7 Å². The maximum Gasteiger partial charge on any atom is 0.573 e. The molecular formula is C29H20F5NO4. The Morgan fingerprint density at radius 1 is 0.923 bits per heavy atom. The predicted octanol–water partition coefficient (Wildman–Crippen LogP) is 7.42. The van der Waals surface area contributed by atoms with Crippen LogP contribution >= 0.6 is 0 Å². The van der Waals surface area contributed by atoms with E-state index in [1.165, 1.54) is 42.9 Å². The zero-order chi connectivity index (χ0) is 27.6. The highest BCUT2D eigenvalue weighted by molar-refractivity contribution is 6.04. The Balaban J connectivity index is 1.41. The SMILES string of the molecule is O=C(OCc1ccoc1)[C@H]1CC(c2c(F)cccc2F)=N[C@H]1c1ccc(-c2ccc(OC(F)(F)F)cc2)cc1. The molecule has 0 spiro atoms. The lowest BCUT2D eigenvalue weighted by atomic mass is 9.90. The van der Waals surface area contributed by atoms with E-state index in [2.05, 4.69) is 9.73 Å². The van der Waals surface area contributed by atoms with Crippen LogP contribution in [0.15, 0.2) is 94.7 Å². The number of aliphatic imine (C=N–C) groups is 1. The zero-order valence-electron chi connectivity index (χ0n) is 20.1. The van der Waals surface area contributed by atoms with Gasteiger partial charge in [0.1, 0.15) is 24.0 Å². The Kier molecular flexibility index (Phi) is 7.19. The number of esters is 1. The first-order valence-corrected chi connectivity index (χ1v) is 11.8. The van der Waals surface area contributed by atoms with E-state index < -0.39 is 35.9 Å². The number of benzene rings is 3. The molecule has 0 aliphatic carbocycles. The van der Waals surface area contributed by atoms with E-state index in [0.717, 1.165) is 12.1 Å². The second-order valence-corrected chi connectivity index (χ2v) is 8.86. The van der Waals surface area contributed by atoms with Crippen molar-refractivity contribution in [3.05, 3.63) is 114 Å². The van der Waals surface area contributed by atoms with E-state index in [1.807, 2.05) is 0 Å². The molecule has 5 rings (SSSR count). The molecule has 39 heavy (non-hydrogen) atoms. The maximum atomic E-state index is 14.5. The summed E-state index contributed by atoms with van der Waals surface area (Å²) < 4.78 is 80.7. The molecule has 0 radical (unpaired) electrons. The van der Waals surface area contributed by atoms with E-state index >= 15 is 0 Å². The van der Waals surface area contributed by atoms with Gasteiger partial charge in [-0.15, -0.1) is 13.2 Å². The molecule has 1 aromatic heterocycles. The summed E-state index contributed by atoms with van der Waals surface area (Å²) in [6.45, 7) is -0.0328. The number of carbonyl (C=O) groups is 1. The second-order valence-electron chi connectivity index (χ2n) is 8.86. The van der Waals surface area contributed by atoms with Gasteiger partial charge < -0.3 is 13.9 Å². The molecular weight excluding hydrogens is 521 g/mol. The molecule has 0 amide bonds. The van der Waals surface area contributed by atoms with Crippen molar-refractivity contribution in [3.8, 4) is 16.9 Å². The minimum absolute atomic E-state index is 0.0326. The molecule has 2 heterocycles. The van der Waals surface area contributed by atoms with Crippen LogP contribution < -0.4 is 4.74 Å². The van der Waals surface area contributed by atoms with E-state index in [-0.39, 0.29) is 30.1 Å². The van der Waals surface area contributed by atoms with Gasteiger partial charge in [-0.3, -0.25) is 9.79 Å². The van der Waals surface area contributed by atoms with Gasteiger partial charge in [-0.1, -0.05) is 42.5 Å². The zero-order valence-corrected chi connectivity index (χ0v) is 20.1. The highest BCUT2D eigenvalue weighted by Gasteiger charge is 2.39. The first-order valence-electron chi connectivity index (χ1n) is 11.8. The summed E-state index contributed by atoms with van der Waals surface area (Å²) in [5.74, 6) is -3.33. The molecule has 4 aromatic rings. The van der Waals surface area contributed by atoms with Crippen LogP contribution in [0.2, 0.25) is 0 Å². The van der Waals surface area contributed by atoms with Crippen LogP contribution in [0.4, 0.5) is 22.0 Å². The molecule has 0 saturated heterocycles. The Morgan fingerprint density at radius 2 is 1.56 bits per heavy atom. The third-order valence-electron chi connectivity index (χ3n) is 6.28. The van der Waals surface area contributed by atoms with Gasteiger partial charge >= 0.3 is 12.3 Å². The molecule has 1 aliphatic rings. The molecule has 10 heteroatoms. The van der Waals surface area contributed by atoms with Crippen LogP contribution in [0.5, 0.6) is 5.75 Å². The average Bonchev–Trinajstić information content (AvgIpc) is 3.58. The van der Waals surface area contributed by atoms with Crippen molar-refractivity contribution in [2.45, 2.75) is 25.4 Å². The summed E-state index contributed by atoms with van der Waals surface area (Å²) in [7, 11) is 0. The van der Waals surface area contributed by atoms with Crippen molar-refractivity contribution in [2.24, 2.45) is 10.9 Å². The van der Waals surface area contributed by atoms with Crippen LogP contribution in [-0.2, 0) is 16.1 Å². The van der Waals surface area contributed by atoms with Gasteiger partial charge in [0.2, 0.25) is 0 Å². The van der Waals surface area contributed by atoms with Crippen molar-refractivity contribution < 1.29 is 40.6 Å². The fourth-order valence-corrected chi connectivity index (χ4v) is 4.45. The van der Waals surface area contributed by atoms with E-state index in [4.69, 9.17) is 9.15 Å². The molecule has 2 atom stereocenters. The van der Waals surface area contributed by atoms with Crippen LogP contribution in [0, 0.1) is 17.6 Å². The summed E-state index contributed by atoms with van der Waals surface area (Å²) in [5.41, 5.74) is 2.41. The molecule has 0 N–H and O–H groups in total. The summed E-state index contributed by atoms with van der Waals surface area (Å²) in [5, 5.41) is 0. The average molecular weight is 541 g/mol. The molecule has 0 bridgehead atoms. The topological polar surface area (TPSA) is 61.0 Å².